The first-order chi connectivity index (χ1) is 16.5. The fraction of sp³-hybridized carbons (Fsp3) is 0.609. The number of hydrogen-bond acceptors (Lipinski definition) is 6. The van der Waals surface area contributed by atoms with Gasteiger partial charge in [-0.15, -0.1) is 0 Å². The van der Waals surface area contributed by atoms with Gasteiger partial charge in [0.2, 0.25) is 5.91 Å². The zero-order chi connectivity index (χ0) is 25.1. The van der Waals surface area contributed by atoms with Crippen molar-refractivity contribution in [2.24, 2.45) is 17.6 Å². The second-order valence-corrected chi connectivity index (χ2v) is 10.0. The van der Waals surface area contributed by atoms with E-state index < -0.39 is 36.1 Å². The molecule has 35 heavy (non-hydrogen) atoms. The Labute approximate surface area is 198 Å². The average molecular weight is 493 g/mol. The number of primary amides is 1. The molecule has 9 nitrogen and oxygen atoms in total. The number of pyridine rings is 1. The third-order valence-corrected chi connectivity index (χ3v) is 7.68. The van der Waals surface area contributed by atoms with E-state index in [1.165, 1.54) is 17.1 Å². The molecule has 2 aromatic heterocycles. The highest BCUT2D eigenvalue weighted by Gasteiger charge is 2.57. The average Bonchev–Trinajstić information content (AvgIpc) is 3.28. The molecule has 2 unspecified atom stereocenters. The lowest BCUT2D eigenvalue weighted by Gasteiger charge is -2.38. The highest BCUT2D eigenvalue weighted by atomic mass is 19.4. The summed E-state index contributed by atoms with van der Waals surface area (Å²) in [6, 6.07) is 0.794. The van der Waals surface area contributed by atoms with Gasteiger partial charge in [0.25, 0.3) is 5.91 Å². The van der Waals surface area contributed by atoms with Gasteiger partial charge < -0.3 is 15.7 Å². The highest BCUT2D eigenvalue weighted by Crippen LogP contribution is 2.49. The van der Waals surface area contributed by atoms with E-state index in [1.54, 1.807) is 11.0 Å². The first kappa shape index (κ1) is 23.7. The Kier molecular flexibility index (Phi) is 5.61. The molecule has 2 saturated carbocycles. The molecule has 5 rings (SSSR count). The SMILES string of the molecule is NC(=O)c1nn(CC(=O)N2[C@@H]3C[C@@H]3C[C@H]2C(=O)CC2CCCC(O)(C(F)(F)F)C2)c2cnccc12. The van der Waals surface area contributed by atoms with E-state index in [2.05, 4.69) is 10.1 Å². The summed E-state index contributed by atoms with van der Waals surface area (Å²) in [5.41, 5.74) is 3.11. The van der Waals surface area contributed by atoms with Crippen LogP contribution in [0.2, 0.25) is 0 Å². The molecule has 2 aromatic rings. The molecule has 12 heteroatoms. The Morgan fingerprint density at radius 1 is 1.26 bits per heavy atom. The number of aromatic nitrogens is 3. The van der Waals surface area contributed by atoms with Crippen molar-refractivity contribution in [1.29, 1.82) is 0 Å². The number of nitrogens with two attached hydrogens (primary N) is 1. The van der Waals surface area contributed by atoms with Crippen LogP contribution in [0.3, 0.4) is 0 Å². The van der Waals surface area contributed by atoms with Crippen LogP contribution in [-0.2, 0) is 16.1 Å². The van der Waals surface area contributed by atoms with Crippen molar-refractivity contribution in [1.82, 2.24) is 19.7 Å². The van der Waals surface area contributed by atoms with Gasteiger partial charge >= 0.3 is 6.18 Å². The van der Waals surface area contributed by atoms with Crippen molar-refractivity contribution in [3.8, 4) is 0 Å². The molecule has 0 bridgehead atoms. The molecule has 3 heterocycles. The Morgan fingerprint density at radius 2 is 2.03 bits per heavy atom. The van der Waals surface area contributed by atoms with Gasteiger partial charge in [-0.3, -0.25) is 24.0 Å². The van der Waals surface area contributed by atoms with Gasteiger partial charge in [0, 0.05) is 24.0 Å². The largest absolute Gasteiger partial charge is 0.417 e. The number of nitrogens with zero attached hydrogens (tertiary/aromatic N) is 4. The smallest absolute Gasteiger partial charge is 0.380 e. The number of rotatable bonds is 6. The molecule has 0 spiro atoms. The molecule has 188 valence electrons. The number of halogens is 3. The third kappa shape index (κ3) is 4.17. The second-order valence-electron chi connectivity index (χ2n) is 10.0. The van der Waals surface area contributed by atoms with Crippen molar-refractivity contribution in [3.63, 3.8) is 0 Å². The minimum Gasteiger partial charge on any atom is -0.380 e. The summed E-state index contributed by atoms with van der Waals surface area (Å²) in [6.07, 6.45) is -0.868. The first-order valence-electron chi connectivity index (χ1n) is 11.7. The van der Waals surface area contributed by atoms with Gasteiger partial charge in [-0.1, -0.05) is 0 Å². The number of likely N-dealkylation sites (tertiary alicyclic amines) is 1. The molecule has 0 aromatic carbocycles. The normalized spacial score (nSPS) is 30.3. The van der Waals surface area contributed by atoms with Crippen molar-refractivity contribution < 1.29 is 32.7 Å². The van der Waals surface area contributed by atoms with Crippen LogP contribution in [-0.4, -0.2) is 66.2 Å². The van der Waals surface area contributed by atoms with Crippen molar-refractivity contribution in [2.75, 3.05) is 0 Å². The lowest BCUT2D eigenvalue weighted by molar-refractivity contribution is -0.274. The number of fused-ring (bicyclic) bond motifs is 2. The number of piperidine rings is 1. The topological polar surface area (TPSA) is 131 Å². The summed E-state index contributed by atoms with van der Waals surface area (Å²) >= 11 is 0. The standard InChI is InChI=1S/C23H26F3N5O4/c24-23(25,26)22(35)4-1-2-12(9-22)6-18(32)16-8-13-7-15(13)31(16)19(33)11-30-17-10-28-5-3-14(17)20(29-30)21(27)34/h3,5,10,12-13,15-16,35H,1-2,4,6-9,11H2,(H2,27,34)/t12?,13-,15-,16+,22?/m1/s1. The maximum absolute atomic E-state index is 13.3. The quantitative estimate of drug-likeness (QED) is 0.633. The van der Waals surface area contributed by atoms with E-state index >= 15 is 0 Å². The Bertz CT molecular complexity index is 1200. The lowest BCUT2D eigenvalue weighted by Crippen LogP contribution is -2.49. The van der Waals surface area contributed by atoms with Crippen LogP contribution >= 0.6 is 0 Å². The molecule has 5 atom stereocenters. The number of amides is 2. The monoisotopic (exact) mass is 493 g/mol. The third-order valence-electron chi connectivity index (χ3n) is 7.68. The van der Waals surface area contributed by atoms with Gasteiger partial charge in [0.15, 0.2) is 17.1 Å². The molecular weight excluding hydrogens is 467 g/mol. The lowest BCUT2D eigenvalue weighted by atomic mass is 9.75. The number of carbonyl (C=O) groups is 3. The number of carbonyl (C=O) groups excluding carboxylic acids is 3. The number of hydrogen-bond donors (Lipinski definition) is 2. The predicted octanol–water partition coefficient (Wildman–Crippen LogP) is 1.96. The Hall–Kier alpha value is -3.02. The highest BCUT2D eigenvalue weighted by molar-refractivity contribution is 6.04. The van der Waals surface area contributed by atoms with Gasteiger partial charge in [-0.05, 0) is 56.4 Å². The Morgan fingerprint density at radius 3 is 2.74 bits per heavy atom. The molecule has 3 fully saturated rings. The zero-order valence-corrected chi connectivity index (χ0v) is 18.9. The molecule has 2 amide bonds. The van der Waals surface area contributed by atoms with Crippen LogP contribution in [0.25, 0.3) is 10.9 Å². The molecule has 0 radical (unpaired) electrons. The fourth-order valence-electron chi connectivity index (χ4n) is 5.85. The van der Waals surface area contributed by atoms with Crippen molar-refractivity contribution >= 4 is 28.5 Å². The van der Waals surface area contributed by atoms with Gasteiger partial charge in [-0.2, -0.15) is 18.3 Å². The van der Waals surface area contributed by atoms with E-state index in [-0.39, 0.29) is 55.2 Å². The molecule has 1 saturated heterocycles. The maximum Gasteiger partial charge on any atom is 0.417 e. The fourth-order valence-corrected chi connectivity index (χ4v) is 5.85. The summed E-state index contributed by atoms with van der Waals surface area (Å²) in [7, 11) is 0. The number of alkyl halides is 3. The Balaban J connectivity index is 1.31. The van der Waals surface area contributed by atoms with E-state index in [4.69, 9.17) is 5.73 Å². The summed E-state index contributed by atoms with van der Waals surface area (Å²) in [6.45, 7) is -0.222. The number of aliphatic hydroxyl groups is 1. The van der Waals surface area contributed by atoms with E-state index in [0.717, 1.165) is 6.42 Å². The van der Waals surface area contributed by atoms with Crippen LogP contribution < -0.4 is 5.73 Å². The van der Waals surface area contributed by atoms with E-state index in [1.807, 2.05) is 0 Å². The zero-order valence-electron chi connectivity index (χ0n) is 18.9. The van der Waals surface area contributed by atoms with Crippen molar-refractivity contribution in [2.45, 2.75) is 75.4 Å². The summed E-state index contributed by atoms with van der Waals surface area (Å²) in [4.78, 5) is 43.8. The minimum atomic E-state index is -4.74. The summed E-state index contributed by atoms with van der Waals surface area (Å²) in [5, 5.41) is 14.7. The summed E-state index contributed by atoms with van der Waals surface area (Å²) in [5.74, 6) is -1.75. The second kappa shape index (κ2) is 8.28. The maximum atomic E-state index is 13.3. The predicted molar refractivity (Wildman–Crippen MR) is 116 cm³/mol. The summed E-state index contributed by atoms with van der Waals surface area (Å²) < 4.78 is 41.2. The van der Waals surface area contributed by atoms with Gasteiger partial charge in [0.05, 0.1) is 17.8 Å². The van der Waals surface area contributed by atoms with Crippen LogP contribution in [0.5, 0.6) is 0 Å². The van der Waals surface area contributed by atoms with E-state index in [9.17, 15) is 32.7 Å². The van der Waals surface area contributed by atoms with Crippen LogP contribution in [0.1, 0.15) is 55.4 Å². The number of Topliss-reactive ketones (excluding diaryl/α,β-unsaturated/α-hetero) is 1. The molecule has 3 aliphatic rings. The van der Waals surface area contributed by atoms with Gasteiger partial charge in [0.1, 0.15) is 6.54 Å². The van der Waals surface area contributed by atoms with Gasteiger partial charge in [-0.25, -0.2) is 0 Å². The minimum absolute atomic E-state index is 0.0167. The molecule has 1 aliphatic heterocycles. The van der Waals surface area contributed by atoms with Crippen LogP contribution in [0.4, 0.5) is 13.2 Å². The first-order valence-corrected chi connectivity index (χ1v) is 11.7. The van der Waals surface area contributed by atoms with Crippen molar-refractivity contribution in [3.05, 3.63) is 24.2 Å². The van der Waals surface area contributed by atoms with Crippen LogP contribution in [0, 0.1) is 11.8 Å². The van der Waals surface area contributed by atoms with E-state index in [0.29, 0.717) is 23.7 Å². The molecule has 3 N–H and O–H groups in total. The van der Waals surface area contributed by atoms with Crippen LogP contribution in [0.15, 0.2) is 18.5 Å². The number of ketones is 1. The molecule has 2 aliphatic carbocycles. The molecular formula is C23H26F3N5O4.